The van der Waals surface area contributed by atoms with Gasteiger partial charge in [0.05, 0.1) is 6.54 Å². The van der Waals surface area contributed by atoms with Crippen molar-refractivity contribution in [3.8, 4) is 0 Å². The quantitative estimate of drug-likeness (QED) is 0.494. The van der Waals surface area contributed by atoms with Gasteiger partial charge in [-0.3, -0.25) is 9.59 Å². The second-order valence-corrected chi connectivity index (χ2v) is 10.8. The molecule has 0 aromatic heterocycles. The van der Waals surface area contributed by atoms with E-state index >= 15 is 0 Å². The lowest BCUT2D eigenvalue weighted by molar-refractivity contribution is -0.122. The molecule has 0 radical (unpaired) electrons. The number of benzene rings is 2. The zero-order valence-corrected chi connectivity index (χ0v) is 21.5. The molecule has 34 heavy (non-hydrogen) atoms. The fraction of sp³-hybridized carbons (Fsp3) is 0.407. The van der Waals surface area contributed by atoms with Gasteiger partial charge in [0.25, 0.3) is 21.8 Å². The summed E-state index contributed by atoms with van der Waals surface area (Å²) >= 11 is 0. The van der Waals surface area contributed by atoms with Crippen molar-refractivity contribution in [2.45, 2.75) is 59.9 Å². The second-order valence-electron chi connectivity index (χ2n) is 8.98. The molecule has 2 amide bonds. The Balaban J connectivity index is 1.80. The molecule has 0 saturated heterocycles. The highest BCUT2D eigenvalue weighted by molar-refractivity contribution is 7.99. The van der Waals surface area contributed by atoms with Gasteiger partial charge in [-0.25, -0.2) is 12.7 Å². The first-order valence-corrected chi connectivity index (χ1v) is 13.3. The van der Waals surface area contributed by atoms with Crippen molar-refractivity contribution in [3.05, 3.63) is 76.4 Å². The van der Waals surface area contributed by atoms with Crippen molar-refractivity contribution in [3.63, 3.8) is 0 Å². The van der Waals surface area contributed by atoms with Crippen molar-refractivity contribution < 1.29 is 18.0 Å². The van der Waals surface area contributed by atoms with Gasteiger partial charge in [-0.2, -0.15) is 0 Å². The molecule has 0 atom stereocenters. The van der Waals surface area contributed by atoms with E-state index in [0.29, 0.717) is 35.7 Å². The number of carbonyl (C=O) groups excluding carboxylic acids is 2. The molecule has 0 fully saturated rings. The van der Waals surface area contributed by atoms with Crippen LogP contribution < -0.4 is 0 Å². The van der Waals surface area contributed by atoms with Crippen molar-refractivity contribution in [1.29, 1.82) is 0 Å². The molecule has 1 heterocycles. The Morgan fingerprint density at radius 3 is 2.15 bits per heavy atom. The van der Waals surface area contributed by atoms with Crippen LogP contribution in [-0.2, 0) is 21.4 Å². The predicted octanol–water partition coefficient (Wildman–Crippen LogP) is 5.18. The Morgan fingerprint density at radius 1 is 1.00 bits per heavy atom. The third-order valence-electron chi connectivity index (χ3n) is 6.25. The fourth-order valence-electron chi connectivity index (χ4n) is 4.09. The monoisotopic (exact) mass is 482 g/mol. The largest absolute Gasteiger partial charge is 0.339 e. The lowest BCUT2D eigenvalue weighted by atomic mass is 10.0. The fourth-order valence-corrected chi connectivity index (χ4v) is 5.89. The molecule has 0 N–H and O–H groups in total. The van der Waals surface area contributed by atoms with Gasteiger partial charge >= 0.3 is 0 Å². The van der Waals surface area contributed by atoms with Crippen molar-refractivity contribution in [2.75, 3.05) is 13.1 Å². The lowest BCUT2D eigenvalue weighted by Gasteiger charge is -2.21. The standard InChI is InChI=1S/C27H34N2O4S/c1-6-8-17-28(7-2)27(31)24-11-9-21(10-12-24)18-29-26(30)20(5)25(34(29,32)33)23-15-13-22(14-16-23)19(3)4/h9-16,19H,6-8,17-18H2,1-5H3. The van der Waals surface area contributed by atoms with Crippen LogP contribution in [0.15, 0.2) is 54.1 Å². The average molecular weight is 483 g/mol. The Bertz CT molecular complexity index is 1180. The molecule has 2 aromatic rings. The van der Waals surface area contributed by atoms with Crippen LogP contribution in [-0.4, -0.2) is 42.5 Å². The Kier molecular flexibility index (Phi) is 7.97. The summed E-state index contributed by atoms with van der Waals surface area (Å²) in [6, 6.07) is 14.2. The molecular weight excluding hydrogens is 448 g/mol. The highest BCUT2D eigenvalue weighted by Gasteiger charge is 2.42. The summed E-state index contributed by atoms with van der Waals surface area (Å²) < 4.78 is 27.6. The summed E-state index contributed by atoms with van der Waals surface area (Å²) in [6.45, 7) is 11.0. The van der Waals surface area contributed by atoms with E-state index in [-0.39, 0.29) is 22.9 Å². The van der Waals surface area contributed by atoms with E-state index in [1.165, 1.54) is 0 Å². The van der Waals surface area contributed by atoms with Gasteiger partial charge in [0.2, 0.25) is 0 Å². The summed E-state index contributed by atoms with van der Waals surface area (Å²) in [5.41, 5.74) is 3.04. The van der Waals surface area contributed by atoms with E-state index in [1.54, 1.807) is 48.2 Å². The summed E-state index contributed by atoms with van der Waals surface area (Å²) in [5, 5.41) is 0. The van der Waals surface area contributed by atoms with Crippen LogP contribution in [0.5, 0.6) is 0 Å². The van der Waals surface area contributed by atoms with E-state index in [2.05, 4.69) is 20.8 Å². The van der Waals surface area contributed by atoms with Gasteiger partial charge in [0.15, 0.2) is 0 Å². The van der Waals surface area contributed by atoms with E-state index in [9.17, 15) is 18.0 Å². The molecule has 7 heteroatoms. The number of rotatable bonds is 9. The molecule has 2 aromatic carbocycles. The molecular formula is C27H34N2O4S. The number of hydrogen-bond acceptors (Lipinski definition) is 4. The highest BCUT2D eigenvalue weighted by atomic mass is 32.2. The van der Waals surface area contributed by atoms with Crippen LogP contribution >= 0.6 is 0 Å². The van der Waals surface area contributed by atoms with Crippen LogP contribution in [0.3, 0.4) is 0 Å². The first-order chi connectivity index (χ1) is 16.1. The number of carbonyl (C=O) groups is 2. The second kappa shape index (κ2) is 10.6. The minimum Gasteiger partial charge on any atom is -0.339 e. The Labute approximate surface area is 203 Å². The molecule has 0 saturated carbocycles. The molecule has 0 bridgehead atoms. The van der Waals surface area contributed by atoms with Crippen molar-refractivity contribution >= 4 is 26.7 Å². The van der Waals surface area contributed by atoms with Gasteiger partial charge < -0.3 is 4.90 Å². The Morgan fingerprint density at radius 2 is 1.62 bits per heavy atom. The first kappa shape index (κ1) is 25.7. The summed E-state index contributed by atoms with van der Waals surface area (Å²) in [6.07, 6.45) is 1.96. The number of hydrogen-bond donors (Lipinski definition) is 0. The SMILES string of the molecule is CCCCN(CC)C(=O)c1ccc(CN2C(=O)C(C)=C(c3ccc(C(C)C)cc3)S2(=O)=O)cc1. The summed E-state index contributed by atoms with van der Waals surface area (Å²) in [5.74, 6) is -0.231. The third-order valence-corrected chi connectivity index (χ3v) is 8.19. The van der Waals surface area contributed by atoms with E-state index in [4.69, 9.17) is 0 Å². The zero-order chi connectivity index (χ0) is 25.0. The van der Waals surface area contributed by atoms with Crippen LogP contribution in [0, 0.1) is 0 Å². The van der Waals surface area contributed by atoms with Gasteiger partial charge in [-0.1, -0.05) is 63.6 Å². The zero-order valence-electron chi connectivity index (χ0n) is 20.7. The molecule has 0 spiro atoms. The minimum absolute atomic E-state index is 0.0444. The maximum Gasteiger partial charge on any atom is 0.268 e. The normalized spacial score (nSPS) is 15.4. The number of nitrogens with zero attached hydrogens (tertiary/aromatic N) is 2. The maximum absolute atomic E-state index is 13.3. The molecule has 3 rings (SSSR count). The molecule has 1 aliphatic rings. The predicted molar refractivity (Wildman–Crippen MR) is 136 cm³/mol. The number of amides is 2. The summed E-state index contributed by atoms with van der Waals surface area (Å²) in [4.78, 5) is 27.5. The van der Waals surface area contributed by atoms with E-state index in [1.807, 2.05) is 19.1 Å². The van der Waals surface area contributed by atoms with Gasteiger partial charge in [-0.05, 0) is 55.0 Å². The molecule has 0 aliphatic carbocycles. The average Bonchev–Trinajstić information content (AvgIpc) is 2.99. The van der Waals surface area contributed by atoms with Crippen molar-refractivity contribution in [2.24, 2.45) is 0 Å². The van der Waals surface area contributed by atoms with Crippen molar-refractivity contribution in [1.82, 2.24) is 9.21 Å². The summed E-state index contributed by atoms with van der Waals surface area (Å²) in [7, 11) is -3.98. The van der Waals surface area contributed by atoms with E-state index in [0.717, 1.165) is 22.7 Å². The lowest BCUT2D eigenvalue weighted by Crippen LogP contribution is -2.32. The molecule has 0 unspecified atom stereocenters. The van der Waals surface area contributed by atoms with Crippen LogP contribution in [0.25, 0.3) is 4.91 Å². The number of sulfonamides is 1. The topological polar surface area (TPSA) is 74.8 Å². The van der Waals surface area contributed by atoms with Gasteiger partial charge in [0, 0.05) is 24.2 Å². The third kappa shape index (κ3) is 5.09. The Hall–Kier alpha value is -2.93. The maximum atomic E-state index is 13.3. The van der Waals surface area contributed by atoms with Gasteiger partial charge in [0.1, 0.15) is 4.91 Å². The minimum atomic E-state index is -3.98. The smallest absolute Gasteiger partial charge is 0.268 e. The molecule has 6 nitrogen and oxygen atoms in total. The highest BCUT2D eigenvalue weighted by Crippen LogP contribution is 2.36. The van der Waals surface area contributed by atoms with E-state index < -0.39 is 15.9 Å². The van der Waals surface area contributed by atoms with Crippen LogP contribution in [0.1, 0.15) is 80.4 Å². The first-order valence-electron chi connectivity index (χ1n) is 11.9. The number of unbranched alkanes of at least 4 members (excludes halogenated alkanes) is 1. The molecule has 1 aliphatic heterocycles. The van der Waals surface area contributed by atoms with Gasteiger partial charge in [-0.15, -0.1) is 0 Å². The van der Waals surface area contributed by atoms with Crippen LogP contribution in [0.4, 0.5) is 0 Å². The van der Waals surface area contributed by atoms with Crippen LogP contribution in [0.2, 0.25) is 0 Å². The molecule has 182 valence electrons.